The fourth-order valence-electron chi connectivity index (χ4n) is 1.58. The number of nitrogens with zero attached hydrogens (tertiary/aromatic N) is 3. The number of aromatic nitrogens is 3. The van der Waals surface area contributed by atoms with Gasteiger partial charge in [0, 0.05) is 25.5 Å². The lowest BCUT2D eigenvalue weighted by atomic mass is 10.3. The SMILES string of the molecule is COCC(C)NC(=O)c1cnn2cccnc12. The number of carbonyl (C=O) groups is 1. The highest BCUT2D eigenvalue weighted by Crippen LogP contribution is 2.06. The van der Waals surface area contributed by atoms with Gasteiger partial charge in [-0.3, -0.25) is 4.79 Å². The lowest BCUT2D eigenvalue weighted by molar-refractivity contribution is 0.0907. The Hall–Kier alpha value is -1.95. The Labute approximate surface area is 98.6 Å². The Morgan fingerprint density at radius 1 is 1.65 bits per heavy atom. The summed E-state index contributed by atoms with van der Waals surface area (Å²) in [6.45, 7) is 2.35. The van der Waals surface area contributed by atoms with Crippen LogP contribution in [0.4, 0.5) is 0 Å². The van der Waals surface area contributed by atoms with Crippen molar-refractivity contribution in [3.63, 3.8) is 0 Å². The number of ether oxygens (including phenoxy) is 1. The second-order valence-corrected chi connectivity index (χ2v) is 3.78. The van der Waals surface area contributed by atoms with Crippen LogP contribution < -0.4 is 5.32 Å². The first-order valence-electron chi connectivity index (χ1n) is 5.30. The fraction of sp³-hybridized carbons (Fsp3) is 0.364. The van der Waals surface area contributed by atoms with Gasteiger partial charge >= 0.3 is 0 Å². The van der Waals surface area contributed by atoms with Gasteiger partial charge in [0.2, 0.25) is 0 Å². The number of hydrogen-bond donors (Lipinski definition) is 1. The molecule has 2 heterocycles. The van der Waals surface area contributed by atoms with Crippen LogP contribution in [-0.4, -0.2) is 40.3 Å². The minimum absolute atomic E-state index is 0.0498. The third-order valence-electron chi connectivity index (χ3n) is 2.32. The van der Waals surface area contributed by atoms with Gasteiger partial charge in [-0.25, -0.2) is 9.50 Å². The van der Waals surface area contributed by atoms with Crippen molar-refractivity contribution in [2.45, 2.75) is 13.0 Å². The zero-order valence-electron chi connectivity index (χ0n) is 9.75. The smallest absolute Gasteiger partial charge is 0.257 e. The van der Waals surface area contributed by atoms with Crippen LogP contribution in [0.25, 0.3) is 5.65 Å². The van der Waals surface area contributed by atoms with E-state index in [-0.39, 0.29) is 11.9 Å². The summed E-state index contributed by atoms with van der Waals surface area (Å²) >= 11 is 0. The first-order valence-corrected chi connectivity index (χ1v) is 5.30. The van der Waals surface area contributed by atoms with Crippen molar-refractivity contribution in [3.8, 4) is 0 Å². The molecule has 90 valence electrons. The van der Waals surface area contributed by atoms with Crippen LogP contribution in [-0.2, 0) is 4.74 Å². The molecule has 0 bridgehead atoms. The molecule has 2 aromatic rings. The molecule has 2 aromatic heterocycles. The van der Waals surface area contributed by atoms with E-state index >= 15 is 0 Å². The molecular weight excluding hydrogens is 220 g/mol. The van der Waals surface area contributed by atoms with Gasteiger partial charge in [-0.15, -0.1) is 0 Å². The largest absolute Gasteiger partial charge is 0.383 e. The number of rotatable bonds is 4. The molecule has 0 radical (unpaired) electrons. The molecule has 1 unspecified atom stereocenters. The summed E-state index contributed by atoms with van der Waals surface area (Å²) in [5.74, 6) is -0.191. The van der Waals surface area contributed by atoms with E-state index in [9.17, 15) is 4.79 Å². The molecule has 0 spiro atoms. The summed E-state index contributed by atoms with van der Waals surface area (Å²) < 4.78 is 6.52. The molecule has 0 aliphatic rings. The van der Waals surface area contributed by atoms with Gasteiger partial charge < -0.3 is 10.1 Å². The predicted octanol–water partition coefficient (Wildman–Crippen LogP) is 0.494. The van der Waals surface area contributed by atoms with Gasteiger partial charge in [0.1, 0.15) is 5.56 Å². The molecule has 1 atom stereocenters. The predicted molar refractivity (Wildman–Crippen MR) is 61.8 cm³/mol. The summed E-state index contributed by atoms with van der Waals surface area (Å²) in [6, 6.07) is 1.71. The topological polar surface area (TPSA) is 68.5 Å². The van der Waals surface area contributed by atoms with E-state index in [0.717, 1.165) is 0 Å². The summed E-state index contributed by atoms with van der Waals surface area (Å²) in [5, 5.41) is 6.87. The molecule has 1 N–H and O–H groups in total. The van der Waals surface area contributed by atoms with E-state index in [0.29, 0.717) is 17.8 Å². The van der Waals surface area contributed by atoms with Gasteiger partial charge in [0.25, 0.3) is 5.91 Å². The third-order valence-corrected chi connectivity index (χ3v) is 2.32. The van der Waals surface area contributed by atoms with Crippen LogP contribution in [0, 0.1) is 0 Å². The molecule has 6 heteroatoms. The van der Waals surface area contributed by atoms with Crippen molar-refractivity contribution in [1.29, 1.82) is 0 Å². The molecule has 2 rings (SSSR count). The molecule has 0 fully saturated rings. The van der Waals surface area contributed by atoms with Crippen molar-refractivity contribution in [2.24, 2.45) is 0 Å². The number of carbonyl (C=O) groups excluding carboxylic acids is 1. The molecule has 1 amide bonds. The lowest BCUT2D eigenvalue weighted by Crippen LogP contribution is -2.35. The number of amides is 1. The first-order chi connectivity index (χ1) is 8.22. The van der Waals surface area contributed by atoms with Crippen LogP contribution in [0.1, 0.15) is 17.3 Å². The highest BCUT2D eigenvalue weighted by atomic mass is 16.5. The van der Waals surface area contributed by atoms with Crippen LogP contribution in [0.15, 0.2) is 24.7 Å². The van der Waals surface area contributed by atoms with E-state index in [1.54, 1.807) is 30.1 Å². The Kier molecular flexibility index (Phi) is 3.34. The normalized spacial score (nSPS) is 12.6. The molecule has 0 saturated carbocycles. The molecule has 0 aromatic carbocycles. The van der Waals surface area contributed by atoms with Crippen molar-refractivity contribution < 1.29 is 9.53 Å². The Balaban J connectivity index is 2.19. The summed E-state index contributed by atoms with van der Waals surface area (Å²) in [6.07, 6.45) is 4.89. The van der Waals surface area contributed by atoms with Crippen molar-refractivity contribution >= 4 is 11.6 Å². The summed E-state index contributed by atoms with van der Waals surface area (Å²) in [5.41, 5.74) is 1.02. The highest BCUT2D eigenvalue weighted by molar-refractivity contribution is 5.99. The first kappa shape index (κ1) is 11.5. The molecule has 17 heavy (non-hydrogen) atoms. The maximum absolute atomic E-state index is 11.9. The number of nitrogens with one attached hydrogen (secondary N) is 1. The lowest BCUT2D eigenvalue weighted by Gasteiger charge is -2.11. The number of methoxy groups -OCH3 is 1. The molecule has 0 aliphatic heterocycles. The van der Waals surface area contributed by atoms with E-state index < -0.39 is 0 Å². The minimum Gasteiger partial charge on any atom is -0.383 e. The number of hydrogen-bond acceptors (Lipinski definition) is 4. The molecule has 6 nitrogen and oxygen atoms in total. The average molecular weight is 234 g/mol. The molecule has 0 saturated heterocycles. The fourth-order valence-corrected chi connectivity index (χ4v) is 1.58. The number of fused-ring (bicyclic) bond motifs is 1. The minimum atomic E-state index is -0.191. The van der Waals surface area contributed by atoms with Crippen molar-refractivity contribution in [3.05, 3.63) is 30.2 Å². The van der Waals surface area contributed by atoms with E-state index in [4.69, 9.17) is 4.74 Å². The quantitative estimate of drug-likeness (QED) is 0.836. The van der Waals surface area contributed by atoms with Gasteiger partial charge in [0.15, 0.2) is 5.65 Å². The average Bonchev–Trinajstić information content (AvgIpc) is 2.72. The summed E-state index contributed by atoms with van der Waals surface area (Å²) in [7, 11) is 1.60. The molecule has 0 aliphatic carbocycles. The Bertz CT molecular complexity index is 523. The van der Waals surface area contributed by atoms with E-state index in [1.165, 1.54) is 6.20 Å². The van der Waals surface area contributed by atoms with E-state index in [2.05, 4.69) is 15.4 Å². The highest BCUT2D eigenvalue weighted by Gasteiger charge is 2.15. The van der Waals surface area contributed by atoms with E-state index in [1.807, 2.05) is 6.92 Å². The van der Waals surface area contributed by atoms with Crippen molar-refractivity contribution in [2.75, 3.05) is 13.7 Å². The van der Waals surface area contributed by atoms with Gasteiger partial charge in [0.05, 0.1) is 12.8 Å². The third kappa shape index (κ3) is 2.42. The zero-order valence-corrected chi connectivity index (χ0v) is 9.75. The van der Waals surface area contributed by atoms with Crippen LogP contribution in [0.3, 0.4) is 0 Å². The zero-order chi connectivity index (χ0) is 12.3. The maximum Gasteiger partial charge on any atom is 0.257 e. The standard InChI is InChI=1S/C11H14N4O2/c1-8(7-17-2)14-11(16)9-6-13-15-5-3-4-12-10(9)15/h3-6,8H,7H2,1-2H3,(H,14,16). The van der Waals surface area contributed by atoms with Crippen molar-refractivity contribution in [1.82, 2.24) is 19.9 Å². The Morgan fingerprint density at radius 2 is 2.47 bits per heavy atom. The summed E-state index contributed by atoms with van der Waals surface area (Å²) in [4.78, 5) is 16.1. The van der Waals surface area contributed by atoms with Crippen LogP contribution in [0.5, 0.6) is 0 Å². The monoisotopic (exact) mass is 234 g/mol. The second-order valence-electron chi connectivity index (χ2n) is 3.78. The van der Waals surface area contributed by atoms with Crippen LogP contribution in [0.2, 0.25) is 0 Å². The van der Waals surface area contributed by atoms with Gasteiger partial charge in [-0.05, 0) is 13.0 Å². The molecular formula is C11H14N4O2. The van der Waals surface area contributed by atoms with Crippen LogP contribution >= 0.6 is 0 Å². The Morgan fingerprint density at radius 3 is 3.24 bits per heavy atom. The second kappa shape index (κ2) is 4.92. The van der Waals surface area contributed by atoms with Gasteiger partial charge in [-0.1, -0.05) is 0 Å². The van der Waals surface area contributed by atoms with Gasteiger partial charge in [-0.2, -0.15) is 5.10 Å². The maximum atomic E-state index is 11.9.